The maximum atomic E-state index is 12.6. The lowest BCUT2D eigenvalue weighted by molar-refractivity contribution is 0.171. The number of amides is 2. The molecule has 0 saturated carbocycles. The number of nitrogens with zero attached hydrogens (tertiary/aromatic N) is 1. The van der Waals surface area contributed by atoms with E-state index in [9.17, 15) is 4.79 Å². The fourth-order valence-electron chi connectivity index (χ4n) is 3.10. The van der Waals surface area contributed by atoms with Crippen LogP contribution in [0.2, 0.25) is 0 Å². The van der Waals surface area contributed by atoms with Crippen LogP contribution < -0.4 is 14.8 Å². The summed E-state index contributed by atoms with van der Waals surface area (Å²) >= 11 is 0. The molecule has 2 aliphatic heterocycles. The average Bonchev–Trinajstić information content (AvgIpc) is 3.25. The van der Waals surface area contributed by atoms with E-state index in [-0.39, 0.29) is 12.1 Å². The first-order valence-corrected chi connectivity index (χ1v) is 7.82. The molecule has 0 radical (unpaired) electrons. The smallest absolute Gasteiger partial charge is 0.322 e. The van der Waals surface area contributed by atoms with Crippen LogP contribution in [0.15, 0.2) is 41.0 Å². The van der Waals surface area contributed by atoms with Crippen LogP contribution in [0, 0.1) is 0 Å². The molecule has 2 aliphatic rings. The summed E-state index contributed by atoms with van der Waals surface area (Å²) in [6, 6.07) is 9.08. The van der Waals surface area contributed by atoms with Gasteiger partial charge < -0.3 is 24.1 Å². The van der Waals surface area contributed by atoms with Gasteiger partial charge in [-0.2, -0.15) is 0 Å². The lowest BCUT2D eigenvalue weighted by atomic mass is 10.2. The predicted octanol–water partition coefficient (Wildman–Crippen LogP) is 3.42. The first-order chi connectivity index (χ1) is 11.3. The van der Waals surface area contributed by atoms with Crippen LogP contribution in [0.25, 0.3) is 0 Å². The van der Waals surface area contributed by atoms with Crippen molar-refractivity contribution in [3.63, 3.8) is 0 Å². The summed E-state index contributed by atoms with van der Waals surface area (Å²) in [6.45, 7) is 1.80. The molecule has 1 N–H and O–H groups in total. The minimum atomic E-state index is -0.124. The Balaban J connectivity index is 1.49. The molecule has 3 heterocycles. The number of urea groups is 1. The SMILES string of the molecule is O=C(Nc1ccc2c(c1)OCCO2)N1CCC[C@@H]1c1ccco1. The third-order valence-corrected chi connectivity index (χ3v) is 4.18. The molecule has 2 aromatic rings. The number of carbonyl (C=O) groups is 1. The Kier molecular flexibility index (Phi) is 3.57. The summed E-state index contributed by atoms with van der Waals surface area (Å²) < 4.78 is 16.5. The van der Waals surface area contributed by atoms with Crippen LogP contribution >= 0.6 is 0 Å². The predicted molar refractivity (Wildman–Crippen MR) is 83.8 cm³/mol. The summed E-state index contributed by atoms with van der Waals surface area (Å²) in [4.78, 5) is 14.4. The topological polar surface area (TPSA) is 63.9 Å². The van der Waals surface area contributed by atoms with Gasteiger partial charge in [0.2, 0.25) is 0 Å². The van der Waals surface area contributed by atoms with Crippen molar-refractivity contribution in [3.8, 4) is 11.5 Å². The molecule has 0 bridgehead atoms. The maximum absolute atomic E-state index is 12.6. The molecule has 1 aromatic heterocycles. The van der Waals surface area contributed by atoms with Gasteiger partial charge in [0.25, 0.3) is 0 Å². The number of benzene rings is 1. The fraction of sp³-hybridized carbons (Fsp3) is 0.353. The molecule has 2 amide bonds. The van der Waals surface area contributed by atoms with Gasteiger partial charge in [-0.05, 0) is 37.1 Å². The average molecular weight is 314 g/mol. The van der Waals surface area contributed by atoms with E-state index >= 15 is 0 Å². The molecule has 0 spiro atoms. The third-order valence-electron chi connectivity index (χ3n) is 4.18. The van der Waals surface area contributed by atoms with Gasteiger partial charge in [-0.1, -0.05) is 0 Å². The van der Waals surface area contributed by atoms with Crippen LogP contribution in [-0.2, 0) is 0 Å². The monoisotopic (exact) mass is 314 g/mol. The van der Waals surface area contributed by atoms with Gasteiger partial charge in [0.15, 0.2) is 11.5 Å². The number of furan rings is 1. The number of hydrogen-bond acceptors (Lipinski definition) is 4. The van der Waals surface area contributed by atoms with E-state index in [0.717, 1.165) is 25.1 Å². The number of hydrogen-bond donors (Lipinski definition) is 1. The van der Waals surface area contributed by atoms with Crippen LogP contribution in [0.4, 0.5) is 10.5 Å². The van der Waals surface area contributed by atoms with Gasteiger partial charge in [0, 0.05) is 18.3 Å². The first kappa shape index (κ1) is 14.0. The second-order valence-electron chi connectivity index (χ2n) is 5.66. The van der Waals surface area contributed by atoms with E-state index in [4.69, 9.17) is 13.9 Å². The number of rotatable bonds is 2. The standard InChI is InChI=1S/C17H18N2O4/c20-17(19-7-1-3-13(19)14-4-2-8-21-14)18-12-5-6-15-16(11-12)23-10-9-22-15/h2,4-6,8,11,13H,1,3,7,9-10H2,(H,18,20)/t13-/m1/s1. The lowest BCUT2D eigenvalue weighted by Crippen LogP contribution is -2.34. The molecule has 1 saturated heterocycles. The fourth-order valence-corrected chi connectivity index (χ4v) is 3.10. The van der Waals surface area contributed by atoms with Crippen LogP contribution in [0.1, 0.15) is 24.6 Å². The van der Waals surface area contributed by atoms with Gasteiger partial charge in [-0.3, -0.25) is 0 Å². The minimum absolute atomic E-state index is 0.00205. The summed E-state index contributed by atoms with van der Waals surface area (Å²) in [5, 5.41) is 2.94. The van der Waals surface area contributed by atoms with Crippen LogP contribution in [-0.4, -0.2) is 30.7 Å². The highest BCUT2D eigenvalue weighted by Crippen LogP contribution is 2.35. The molecular formula is C17H18N2O4. The molecule has 6 nitrogen and oxygen atoms in total. The number of fused-ring (bicyclic) bond motifs is 1. The Labute approximate surface area is 134 Å². The molecule has 4 rings (SSSR count). The molecule has 1 atom stereocenters. The zero-order chi connectivity index (χ0) is 15.6. The zero-order valence-electron chi connectivity index (χ0n) is 12.7. The Hall–Kier alpha value is -2.63. The molecule has 0 unspecified atom stereocenters. The highest BCUT2D eigenvalue weighted by molar-refractivity contribution is 5.90. The summed E-state index contributed by atoms with van der Waals surface area (Å²) in [7, 11) is 0. The van der Waals surface area contributed by atoms with E-state index in [1.807, 2.05) is 29.2 Å². The Bertz CT molecular complexity index is 699. The van der Waals surface area contributed by atoms with E-state index < -0.39 is 0 Å². The van der Waals surface area contributed by atoms with Crippen molar-refractivity contribution in [2.75, 3.05) is 25.1 Å². The summed E-state index contributed by atoms with van der Waals surface area (Å²) in [5.74, 6) is 2.21. The third kappa shape index (κ3) is 2.72. The highest BCUT2D eigenvalue weighted by Gasteiger charge is 2.31. The van der Waals surface area contributed by atoms with Gasteiger partial charge >= 0.3 is 6.03 Å². The van der Waals surface area contributed by atoms with Gasteiger partial charge in [0.05, 0.1) is 12.3 Å². The molecular weight excluding hydrogens is 296 g/mol. The normalized spacial score (nSPS) is 19.7. The Morgan fingerprint density at radius 1 is 1.17 bits per heavy atom. The summed E-state index contributed by atoms with van der Waals surface area (Å²) in [6.07, 6.45) is 3.53. The highest BCUT2D eigenvalue weighted by atomic mass is 16.6. The molecule has 1 fully saturated rings. The van der Waals surface area contributed by atoms with Crippen molar-refractivity contribution in [2.45, 2.75) is 18.9 Å². The number of anilines is 1. The largest absolute Gasteiger partial charge is 0.486 e. The van der Waals surface area contributed by atoms with E-state index in [0.29, 0.717) is 30.4 Å². The first-order valence-electron chi connectivity index (χ1n) is 7.82. The number of likely N-dealkylation sites (tertiary alicyclic amines) is 1. The maximum Gasteiger partial charge on any atom is 0.322 e. The molecule has 23 heavy (non-hydrogen) atoms. The quantitative estimate of drug-likeness (QED) is 0.922. The molecule has 120 valence electrons. The van der Waals surface area contributed by atoms with Crippen molar-refractivity contribution < 1.29 is 18.7 Å². The van der Waals surface area contributed by atoms with Crippen molar-refractivity contribution in [2.24, 2.45) is 0 Å². The lowest BCUT2D eigenvalue weighted by Gasteiger charge is -2.24. The van der Waals surface area contributed by atoms with Gasteiger partial charge in [-0.15, -0.1) is 0 Å². The van der Waals surface area contributed by atoms with Crippen molar-refractivity contribution in [3.05, 3.63) is 42.4 Å². The number of carbonyl (C=O) groups excluding carboxylic acids is 1. The Morgan fingerprint density at radius 3 is 2.87 bits per heavy atom. The number of ether oxygens (including phenoxy) is 2. The van der Waals surface area contributed by atoms with Crippen molar-refractivity contribution >= 4 is 11.7 Å². The van der Waals surface area contributed by atoms with Crippen molar-refractivity contribution in [1.29, 1.82) is 0 Å². The minimum Gasteiger partial charge on any atom is -0.486 e. The zero-order valence-corrected chi connectivity index (χ0v) is 12.7. The summed E-state index contributed by atoms with van der Waals surface area (Å²) in [5.41, 5.74) is 0.698. The second kappa shape index (κ2) is 5.87. The molecule has 1 aromatic carbocycles. The molecule has 6 heteroatoms. The number of nitrogens with one attached hydrogen (secondary N) is 1. The van der Waals surface area contributed by atoms with Crippen LogP contribution in [0.5, 0.6) is 11.5 Å². The van der Waals surface area contributed by atoms with Crippen LogP contribution in [0.3, 0.4) is 0 Å². The van der Waals surface area contributed by atoms with Gasteiger partial charge in [-0.25, -0.2) is 4.79 Å². The second-order valence-corrected chi connectivity index (χ2v) is 5.66. The van der Waals surface area contributed by atoms with E-state index in [2.05, 4.69) is 5.32 Å². The molecule has 0 aliphatic carbocycles. The van der Waals surface area contributed by atoms with Crippen molar-refractivity contribution in [1.82, 2.24) is 4.90 Å². The van der Waals surface area contributed by atoms with E-state index in [1.54, 1.807) is 12.3 Å². The van der Waals surface area contributed by atoms with Gasteiger partial charge in [0.1, 0.15) is 19.0 Å². The van der Waals surface area contributed by atoms with E-state index in [1.165, 1.54) is 0 Å². The Morgan fingerprint density at radius 2 is 2.04 bits per heavy atom.